The molecule has 80 valence electrons. The zero-order valence-electron chi connectivity index (χ0n) is 9.42. The molecule has 2 heteroatoms. The Hall–Kier alpha value is -1.15. The molecular weight excluding hydrogens is 188 g/mol. The molecule has 1 aliphatic carbocycles. The second-order valence-electron chi connectivity index (χ2n) is 4.82. The fourth-order valence-electron chi connectivity index (χ4n) is 2.19. The summed E-state index contributed by atoms with van der Waals surface area (Å²) in [6.07, 6.45) is 0.665. The number of ketones is 1. The molecule has 0 bridgehead atoms. The Morgan fingerprint density at radius 3 is 2.53 bits per heavy atom. The molecule has 0 aliphatic heterocycles. The minimum absolute atomic E-state index is 0.0708. The molecule has 0 radical (unpaired) electrons. The van der Waals surface area contributed by atoms with E-state index < -0.39 is 5.41 Å². The van der Waals surface area contributed by atoms with Crippen LogP contribution in [0.5, 0.6) is 0 Å². The van der Waals surface area contributed by atoms with Gasteiger partial charge in [-0.2, -0.15) is 0 Å². The molecule has 0 fully saturated rings. The monoisotopic (exact) mass is 204 g/mol. The highest BCUT2D eigenvalue weighted by molar-refractivity contribution is 6.05. The Morgan fingerprint density at radius 2 is 1.93 bits per heavy atom. The first-order valence-corrected chi connectivity index (χ1v) is 5.24. The van der Waals surface area contributed by atoms with E-state index in [0.717, 1.165) is 16.7 Å². The second-order valence-corrected chi connectivity index (χ2v) is 4.82. The largest absolute Gasteiger partial charge is 0.395 e. The van der Waals surface area contributed by atoms with Gasteiger partial charge >= 0.3 is 0 Å². The van der Waals surface area contributed by atoms with Crippen LogP contribution >= 0.6 is 0 Å². The van der Waals surface area contributed by atoms with Crippen molar-refractivity contribution in [2.75, 3.05) is 6.61 Å². The van der Waals surface area contributed by atoms with E-state index in [-0.39, 0.29) is 12.4 Å². The van der Waals surface area contributed by atoms with Crippen LogP contribution in [0.1, 0.15) is 34.0 Å². The van der Waals surface area contributed by atoms with Crippen LogP contribution < -0.4 is 0 Å². The van der Waals surface area contributed by atoms with Gasteiger partial charge in [0.15, 0.2) is 5.78 Å². The predicted octanol–water partition coefficient (Wildman–Crippen LogP) is 2.04. The van der Waals surface area contributed by atoms with E-state index in [1.165, 1.54) is 5.56 Å². The first-order chi connectivity index (χ1) is 6.98. The summed E-state index contributed by atoms with van der Waals surface area (Å²) in [6.45, 7) is 5.82. The quantitative estimate of drug-likeness (QED) is 0.760. The van der Waals surface area contributed by atoms with Crippen molar-refractivity contribution in [2.45, 2.75) is 27.2 Å². The summed E-state index contributed by atoms with van der Waals surface area (Å²) in [5.74, 6) is 0.0862. The van der Waals surface area contributed by atoms with Crippen molar-refractivity contribution in [3.8, 4) is 0 Å². The molecule has 1 atom stereocenters. The molecule has 1 aromatic carbocycles. The van der Waals surface area contributed by atoms with Gasteiger partial charge in [0, 0.05) is 5.56 Å². The van der Waals surface area contributed by atoms with Crippen molar-refractivity contribution in [1.82, 2.24) is 0 Å². The standard InChI is InChI=1S/C13H16O2/c1-8-4-10-6-13(3,7-14)12(15)11(10)5-9(8)2/h4-5,14H,6-7H2,1-3H3. The van der Waals surface area contributed by atoms with Gasteiger partial charge in [0.25, 0.3) is 0 Å². The van der Waals surface area contributed by atoms with Crippen molar-refractivity contribution in [1.29, 1.82) is 0 Å². The summed E-state index contributed by atoms with van der Waals surface area (Å²) >= 11 is 0. The van der Waals surface area contributed by atoms with Gasteiger partial charge in [0.2, 0.25) is 0 Å². The van der Waals surface area contributed by atoms with Crippen LogP contribution in [-0.2, 0) is 6.42 Å². The smallest absolute Gasteiger partial charge is 0.171 e. The molecule has 1 N–H and O–H groups in total. The molecule has 0 heterocycles. The van der Waals surface area contributed by atoms with Gasteiger partial charge in [-0.25, -0.2) is 0 Å². The lowest BCUT2D eigenvalue weighted by molar-refractivity contribution is 0.0722. The zero-order chi connectivity index (χ0) is 11.2. The van der Waals surface area contributed by atoms with Crippen LogP contribution in [0.25, 0.3) is 0 Å². The maximum absolute atomic E-state index is 12.1. The summed E-state index contributed by atoms with van der Waals surface area (Å²) in [5.41, 5.74) is 3.64. The lowest BCUT2D eigenvalue weighted by Crippen LogP contribution is -2.28. The van der Waals surface area contributed by atoms with Crippen LogP contribution in [-0.4, -0.2) is 17.5 Å². The molecule has 2 rings (SSSR count). The minimum Gasteiger partial charge on any atom is -0.395 e. The van der Waals surface area contributed by atoms with E-state index in [0.29, 0.717) is 6.42 Å². The number of Topliss-reactive ketones (excluding diaryl/α,β-unsaturated/α-hetero) is 1. The van der Waals surface area contributed by atoms with Gasteiger partial charge in [-0.15, -0.1) is 0 Å². The Kier molecular flexibility index (Phi) is 2.19. The maximum atomic E-state index is 12.1. The van der Waals surface area contributed by atoms with E-state index in [2.05, 4.69) is 13.0 Å². The number of aryl methyl sites for hydroxylation is 2. The molecule has 2 nitrogen and oxygen atoms in total. The average molecular weight is 204 g/mol. The van der Waals surface area contributed by atoms with Crippen LogP contribution in [0, 0.1) is 19.3 Å². The first kappa shape index (κ1) is 10.4. The van der Waals surface area contributed by atoms with E-state index in [9.17, 15) is 9.90 Å². The third-order valence-electron chi connectivity index (χ3n) is 3.44. The van der Waals surface area contributed by atoms with E-state index in [1.54, 1.807) is 0 Å². The van der Waals surface area contributed by atoms with Crippen LogP contribution in [0.15, 0.2) is 12.1 Å². The van der Waals surface area contributed by atoms with Gasteiger partial charge in [0.1, 0.15) is 0 Å². The second kappa shape index (κ2) is 3.17. The van der Waals surface area contributed by atoms with Crippen molar-refractivity contribution in [2.24, 2.45) is 5.41 Å². The average Bonchev–Trinajstić information content (AvgIpc) is 2.43. The lowest BCUT2D eigenvalue weighted by atomic mass is 9.87. The van der Waals surface area contributed by atoms with E-state index >= 15 is 0 Å². The number of carbonyl (C=O) groups is 1. The van der Waals surface area contributed by atoms with Gasteiger partial charge < -0.3 is 5.11 Å². The van der Waals surface area contributed by atoms with Gasteiger partial charge in [-0.1, -0.05) is 6.07 Å². The predicted molar refractivity (Wildman–Crippen MR) is 59.1 cm³/mol. The van der Waals surface area contributed by atoms with Crippen molar-refractivity contribution < 1.29 is 9.90 Å². The number of carbonyl (C=O) groups excluding carboxylic acids is 1. The fourth-order valence-corrected chi connectivity index (χ4v) is 2.19. The van der Waals surface area contributed by atoms with Crippen LogP contribution in [0.3, 0.4) is 0 Å². The van der Waals surface area contributed by atoms with E-state index in [1.807, 2.05) is 19.9 Å². The van der Waals surface area contributed by atoms with Crippen LogP contribution in [0.4, 0.5) is 0 Å². The van der Waals surface area contributed by atoms with Crippen molar-refractivity contribution >= 4 is 5.78 Å². The number of aliphatic hydroxyl groups is 1. The van der Waals surface area contributed by atoms with E-state index in [4.69, 9.17) is 0 Å². The molecule has 0 aromatic heterocycles. The fraction of sp³-hybridized carbons (Fsp3) is 0.462. The molecule has 1 aromatic rings. The number of rotatable bonds is 1. The molecule has 0 amide bonds. The molecule has 15 heavy (non-hydrogen) atoms. The summed E-state index contributed by atoms with van der Waals surface area (Å²) in [7, 11) is 0. The first-order valence-electron chi connectivity index (χ1n) is 5.24. The number of aliphatic hydroxyl groups excluding tert-OH is 1. The lowest BCUT2D eigenvalue weighted by Gasteiger charge is -2.17. The van der Waals surface area contributed by atoms with Crippen LogP contribution in [0.2, 0.25) is 0 Å². The molecule has 0 saturated heterocycles. The Labute approximate surface area is 89.9 Å². The molecule has 1 unspecified atom stereocenters. The molecule has 0 saturated carbocycles. The van der Waals surface area contributed by atoms with Crippen molar-refractivity contribution in [3.63, 3.8) is 0 Å². The highest BCUT2D eigenvalue weighted by Gasteiger charge is 2.41. The van der Waals surface area contributed by atoms with Gasteiger partial charge in [0.05, 0.1) is 12.0 Å². The summed E-state index contributed by atoms with van der Waals surface area (Å²) in [5, 5.41) is 9.29. The number of benzene rings is 1. The summed E-state index contributed by atoms with van der Waals surface area (Å²) in [4.78, 5) is 12.1. The zero-order valence-corrected chi connectivity index (χ0v) is 9.42. The van der Waals surface area contributed by atoms with Gasteiger partial charge in [-0.05, 0) is 49.9 Å². The van der Waals surface area contributed by atoms with Crippen molar-refractivity contribution in [3.05, 3.63) is 34.4 Å². The summed E-state index contributed by atoms with van der Waals surface area (Å²) in [6, 6.07) is 4.03. The Morgan fingerprint density at radius 1 is 1.33 bits per heavy atom. The minimum atomic E-state index is -0.595. The Bertz CT molecular complexity index is 434. The molecular formula is C13H16O2. The normalized spacial score (nSPS) is 24.4. The number of hydrogen-bond donors (Lipinski definition) is 1. The Balaban J connectivity index is 2.55. The highest BCUT2D eigenvalue weighted by atomic mass is 16.3. The topological polar surface area (TPSA) is 37.3 Å². The third kappa shape index (κ3) is 1.40. The molecule has 0 spiro atoms. The third-order valence-corrected chi connectivity index (χ3v) is 3.44. The van der Waals surface area contributed by atoms with Gasteiger partial charge in [-0.3, -0.25) is 4.79 Å². The summed E-state index contributed by atoms with van der Waals surface area (Å²) < 4.78 is 0. The number of hydrogen-bond acceptors (Lipinski definition) is 2. The highest BCUT2D eigenvalue weighted by Crippen LogP contribution is 2.37. The molecule has 1 aliphatic rings. The number of fused-ring (bicyclic) bond motifs is 1. The SMILES string of the molecule is Cc1cc2c(cc1C)C(=O)C(C)(CO)C2. The maximum Gasteiger partial charge on any atom is 0.171 e.